The van der Waals surface area contributed by atoms with Crippen LogP contribution in [0, 0.1) is 0 Å². The average Bonchev–Trinajstić information content (AvgIpc) is 3.08. The fourth-order valence-electron chi connectivity index (χ4n) is 8.62. The van der Waals surface area contributed by atoms with Gasteiger partial charge in [0.05, 0.1) is 0 Å². The van der Waals surface area contributed by atoms with E-state index in [4.69, 9.17) is 4.74 Å². The van der Waals surface area contributed by atoms with Gasteiger partial charge < -0.3 is 9.64 Å². The van der Waals surface area contributed by atoms with E-state index in [1.807, 2.05) is 0 Å². The van der Waals surface area contributed by atoms with Crippen molar-refractivity contribution in [1.29, 1.82) is 0 Å². The molecule has 0 aliphatic carbocycles. The van der Waals surface area contributed by atoms with Crippen LogP contribution in [0.15, 0.2) is 133 Å². The van der Waals surface area contributed by atoms with E-state index in [1.165, 1.54) is 65.3 Å². The van der Waals surface area contributed by atoms with Gasteiger partial charge in [-0.15, -0.1) is 0 Å². The minimum atomic E-state index is -2.77. The summed E-state index contributed by atoms with van der Waals surface area (Å²) in [4.78, 5) is 2.55. The van der Waals surface area contributed by atoms with Crippen LogP contribution >= 0.6 is 0 Å². The number of hydrogen-bond donors (Lipinski definition) is 0. The van der Waals surface area contributed by atoms with E-state index in [2.05, 4.69) is 180 Å². The molecule has 3 aliphatic rings. The van der Waals surface area contributed by atoms with Crippen molar-refractivity contribution >= 4 is 69.0 Å². The first-order valence-electron chi connectivity index (χ1n) is 17.2. The Morgan fingerprint density at radius 1 is 0.500 bits per heavy atom. The van der Waals surface area contributed by atoms with Crippen LogP contribution in [-0.2, 0) is 10.8 Å². The molecule has 3 heterocycles. The van der Waals surface area contributed by atoms with Crippen molar-refractivity contribution in [3.8, 4) is 11.5 Å². The zero-order valence-electron chi connectivity index (χ0n) is 28.6. The molecule has 0 radical (unpaired) electrons. The second kappa shape index (κ2) is 10.1. The lowest BCUT2D eigenvalue weighted by Gasteiger charge is -2.49. The van der Waals surface area contributed by atoms with Crippen molar-refractivity contribution in [3.05, 3.63) is 145 Å². The molecule has 6 aromatic rings. The molecule has 2 nitrogen and oxygen atoms in total. The van der Waals surface area contributed by atoms with Gasteiger partial charge in [0.1, 0.15) is 11.5 Å². The number of ether oxygens (including phenoxy) is 1. The summed E-state index contributed by atoms with van der Waals surface area (Å²) < 4.78 is 6.95. The Bertz CT molecular complexity index is 2180. The summed E-state index contributed by atoms with van der Waals surface area (Å²) in [5.41, 5.74) is 10.4. The molecule has 0 atom stereocenters. The van der Waals surface area contributed by atoms with Gasteiger partial charge in [-0.3, -0.25) is 0 Å². The molecule has 6 aromatic carbocycles. The van der Waals surface area contributed by atoms with Crippen LogP contribution < -0.4 is 46.8 Å². The van der Waals surface area contributed by atoms with Crippen molar-refractivity contribution < 1.29 is 4.74 Å². The molecule has 0 saturated heterocycles. The highest BCUT2D eigenvalue weighted by Crippen LogP contribution is 2.43. The lowest BCUT2D eigenvalue weighted by molar-refractivity contribution is 0.488. The maximum Gasteiger partial charge on any atom is 0.256 e. The molecule has 0 N–H and O–H groups in total. The molecular weight excluding hydrogens is 597 g/mol. The summed E-state index contributed by atoms with van der Waals surface area (Å²) in [5.74, 6) is 1.95. The Morgan fingerprint density at radius 3 is 1.54 bits per heavy atom. The van der Waals surface area contributed by atoms with Crippen molar-refractivity contribution in [2.75, 3.05) is 4.90 Å². The van der Waals surface area contributed by atoms with Crippen LogP contribution in [0.5, 0.6) is 11.5 Å². The van der Waals surface area contributed by atoms with E-state index in [-0.39, 0.29) is 17.5 Å². The standard InChI is InChI=1S/C44H40BNOSi/c1-43(2,3)29-26-30(44(4,5)6)28-31(27-29)46-34-20-13-22-36-40(34)45-41-35(46)21-14-24-38(41)48(32-16-9-7-10-17-32,33-18-11-8-12-19-33)39-25-15-23-37(47-36)42(39)45/h7-28H,1-6H3. The van der Waals surface area contributed by atoms with Crippen molar-refractivity contribution in [1.82, 2.24) is 0 Å². The van der Waals surface area contributed by atoms with E-state index in [0.29, 0.717) is 0 Å². The summed E-state index contributed by atoms with van der Waals surface area (Å²) >= 11 is 0. The van der Waals surface area contributed by atoms with E-state index in [0.717, 1.165) is 11.5 Å². The van der Waals surface area contributed by atoms with Gasteiger partial charge in [0, 0.05) is 17.1 Å². The smallest absolute Gasteiger partial charge is 0.256 e. The minimum absolute atomic E-state index is 0.000200. The van der Waals surface area contributed by atoms with Gasteiger partial charge in [-0.25, -0.2) is 0 Å². The second-order valence-corrected chi connectivity index (χ2v) is 19.5. The van der Waals surface area contributed by atoms with Gasteiger partial charge in [-0.1, -0.05) is 139 Å². The van der Waals surface area contributed by atoms with Crippen molar-refractivity contribution in [3.63, 3.8) is 0 Å². The quantitative estimate of drug-likeness (QED) is 0.209. The van der Waals surface area contributed by atoms with Gasteiger partial charge in [-0.05, 0) is 95.5 Å². The first-order valence-corrected chi connectivity index (χ1v) is 19.2. The molecule has 0 fully saturated rings. The number of hydrogen-bond acceptors (Lipinski definition) is 2. The molecule has 0 spiro atoms. The molecule has 0 bridgehead atoms. The SMILES string of the molecule is CC(C)(C)c1cc(N2c3cccc4c3B3c5c(cccc5[Si](c5ccccc5)(c5ccccc5)c5cccc2c53)O4)cc(C(C)(C)C)c1. The molecule has 48 heavy (non-hydrogen) atoms. The maximum absolute atomic E-state index is 6.95. The Kier molecular flexibility index (Phi) is 6.18. The van der Waals surface area contributed by atoms with Gasteiger partial charge >= 0.3 is 0 Å². The molecule has 3 aliphatic heterocycles. The Balaban J connectivity index is 1.44. The lowest BCUT2D eigenvalue weighted by Crippen LogP contribution is -2.87. The highest BCUT2D eigenvalue weighted by Gasteiger charge is 2.55. The van der Waals surface area contributed by atoms with Crippen molar-refractivity contribution in [2.45, 2.75) is 52.4 Å². The number of benzene rings is 6. The van der Waals surface area contributed by atoms with Gasteiger partial charge in [0.15, 0.2) is 8.07 Å². The highest BCUT2D eigenvalue weighted by molar-refractivity contribution is 7.27. The summed E-state index contributed by atoms with van der Waals surface area (Å²) in [6.45, 7) is 14.0. The highest BCUT2D eigenvalue weighted by atomic mass is 28.3. The van der Waals surface area contributed by atoms with Crippen LogP contribution in [-0.4, -0.2) is 14.8 Å². The molecular formula is C44H40BNOSi. The zero-order valence-corrected chi connectivity index (χ0v) is 29.6. The Morgan fingerprint density at radius 2 is 0.979 bits per heavy atom. The first kappa shape index (κ1) is 29.3. The monoisotopic (exact) mass is 637 g/mol. The summed E-state index contributed by atoms with van der Waals surface area (Å²) in [6, 6.07) is 50.5. The lowest BCUT2D eigenvalue weighted by atomic mass is 9.34. The summed E-state index contributed by atoms with van der Waals surface area (Å²) in [7, 11) is -2.77. The maximum atomic E-state index is 6.95. The third-order valence-corrected chi connectivity index (χ3v) is 15.8. The normalized spacial score (nSPS) is 15.1. The van der Waals surface area contributed by atoms with Crippen LogP contribution in [0.25, 0.3) is 0 Å². The predicted molar refractivity (Wildman–Crippen MR) is 207 cm³/mol. The number of anilines is 3. The van der Waals surface area contributed by atoms with Gasteiger partial charge in [-0.2, -0.15) is 0 Å². The zero-order chi connectivity index (χ0) is 33.0. The van der Waals surface area contributed by atoms with E-state index >= 15 is 0 Å². The molecule has 9 rings (SSSR count). The molecule has 0 unspecified atom stereocenters. The van der Waals surface area contributed by atoms with E-state index < -0.39 is 8.07 Å². The van der Waals surface area contributed by atoms with Gasteiger partial charge in [0.2, 0.25) is 0 Å². The average molecular weight is 638 g/mol. The van der Waals surface area contributed by atoms with Crippen LogP contribution in [0.4, 0.5) is 17.1 Å². The summed E-state index contributed by atoms with van der Waals surface area (Å²) in [5, 5.41) is 5.71. The third kappa shape index (κ3) is 3.99. The van der Waals surface area contributed by atoms with Crippen LogP contribution in [0.2, 0.25) is 0 Å². The Hall–Kier alpha value is -4.80. The largest absolute Gasteiger partial charge is 0.458 e. The minimum Gasteiger partial charge on any atom is -0.458 e. The van der Waals surface area contributed by atoms with E-state index in [9.17, 15) is 0 Å². The summed E-state index contributed by atoms with van der Waals surface area (Å²) in [6.07, 6.45) is 0. The second-order valence-electron chi connectivity index (χ2n) is 15.8. The fourth-order valence-corrected chi connectivity index (χ4v) is 13.9. The van der Waals surface area contributed by atoms with Crippen molar-refractivity contribution in [2.24, 2.45) is 0 Å². The number of nitrogens with zero attached hydrogens (tertiary/aromatic N) is 1. The van der Waals surface area contributed by atoms with E-state index in [1.54, 1.807) is 0 Å². The fraction of sp³-hybridized carbons (Fsp3) is 0.182. The Labute approximate surface area is 286 Å². The van der Waals surface area contributed by atoms with Gasteiger partial charge in [0.25, 0.3) is 6.71 Å². The molecule has 234 valence electrons. The first-order chi connectivity index (χ1) is 23.1. The topological polar surface area (TPSA) is 12.5 Å². The molecule has 4 heteroatoms. The molecule has 0 saturated carbocycles. The third-order valence-electron chi connectivity index (χ3n) is 10.9. The molecule has 0 amide bonds. The van der Waals surface area contributed by atoms with Crippen LogP contribution in [0.3, 0.4) is 0 Å². The molecule has 0 aromatic heterocycles. The van der Waals surface area contributed by atoms with Crippen LogP contribution in [0.1, 0.15) is 52.7 Å². The predicted octanol–water partition coefficient (Wildman–Crippen LogP) is 6.38. The number of rotatable bonds is 3.